The van der Waals surface area contributed by atoms with E-state index in [1.54, 1.807) is 0 Å². The first-order chi connectivity index (χ1) is 5.88. The summed E-state index contributed by atoms with van der Waals surface area (Å²) in [4.78, 5) is 11.0. The molecule has 2 unspecified atom stereocenters. The summed E-state index contributed by atoms with van der Waals surface area (Å²) >= 11 is 0. The molecular formula is C11H16O2. The van der Waals surface area contributed by atoms with E-state index in [0.29, 0.717) is 5.57 Å². The minimum atomic E-state index is -0.721. The largest absolute Gasteiger partial charge is 0.478 e. The van der Waals surface area contributed by atoms with Crippen LogP contribution in [0.5, 0.6) is 0 Å². The van der Waals surface area contributed by atoms with E-state index in [0.717, 1.165) is 12.8 Å². The van der Waals surface area contributed by atoms with Crippen molar-refractivity contribution in [2.45, 2.75) is 33.6 Å². The number of carboxylic acids is 1. The summed E-state index contributed by atoms with van der Waals surface area (Å²) in [5.41, 5.74) is 0.908. The van der Waals surface area contributed by atoms with Crippen LogP contribution in [-0.2, 0) is 4.79 Å². The van der Waals surface area contributed by atoms with Crippen molar-refractivity contribution in [1.29, 1.82) is 0 Å². The Kier molecular flexibility index (Phi) is 1.47. The third-order valence-electron chi connectivity index (χ3n) is 4.39. The fraction of sp³-hybridized carbons (Fsp3) is 0.727. The van der Waals surface area contributed by atoms with Crippen molar-refractivity contribution in [2.24, 2.45) is 16.7 Å². The standard InChI is InChI=1S/C11H16O2/c1-10(2)8-4-5-11(10,3)6-7(8)9(12)13/h6,8H,4-5H2,1-3H3,(H,12,13). The van der Waals surface area contributed by atoms with Crippen molar-refractivity contribution >= 4 is 5.97 Å². The molecule has 2 nitrogen and oxygen atoms in total. The van der Waals surface area contributed by atoms with Gasteiger partial charge in [-0.25, -0.2) is 4.79 Å². The van der Waals surface area contributed by atoms with Gasteiger partial charge < -0.3 is 5.11 Å². The maximum atomic E-state index is 11.0. The maximum Gasteiger partial charge on any atom is 0.331 e. The zero-order chi connectivity index (χ0) is 9.85. The van der Waals surface area contributed by atoms with Gasteiger partial charge in [0.1, 0.15) is 0 Å². The summed E-state index contributed by atoms with van der Waals surface area (Å²) < 4.78 is 0. The number of allylic oxidation sites excluding steroid dienone is 1. The molecule has 1 saturated carbocycles. The molecule has 0 spiro atoms. The van der Waals surface area contributed by atoms with Crippen LogP contribution in [0.3, 0.4) is 0 Å². The number of hydrogen-bond donors (Lipinski definition) is 1. The van der Waals surface area contributed by atoms with Gasteiger partial charge in [0, 0.05) is 5.57 Å². The molecular weight excluding hydrogens is 164 g/mol. The lowest BCUT2D eigenvalue weighted by atomic mass is 9.70. The molecule has 13 heavy (non-hydrogen) atoms. The zero-order valence-corrected chi connectivity index (χ0v) is 8.42. The molecule has 0 aliphatic heterocycles. The highest BCUT2D eigenvalue weighted by Gasteiger charge is 2.57. The number of fused-ring (bicyclic) bond motifs is 2. The van der Waals surface area contributed by atoms with Crippen LogP contribution in [-0.4, -0.2) is 11.1 Å². The molecule has 2 heteroatoms. The fourth-order valence-electron chi connectivity index (χ4n) is 2.98. The summed E-state index contributed by atoms with van der Waals surface area (Å²) in [6, 6.07) is 0. The number of hydrogen-bond acceptors (Lipinski definition) is 1. The van der Waals surface area contributed by atoms with Crippen LogP contribution in [0.4, 0.5) is 0 Å². The predicted octanol–water partition coefficient (Wildman–Crippen LogP) is 2.45. The van der Waals surface area contributed by atoms with E-state index in [2.05, 4.69) is 20.8 Å². The predicted molar refractivity (Wildman–Crippen MR) is 50.3 cm³/mol. The van der Waals surface area contributed by atoms with Crippen molar-refractivity contribution in [3.63, 3.8) is 0 Å². The highest BCUT2D eigenvalue weighted by atomic mass is 16.4. The van der Waals surface area contributed by atoms with Crippen LogP contribution < -0.4 is 0 Å². The van der Waals surface area contributed by atoms with Gasteiger partial charge in [0.05, 0.1) is 0 Å². The van der Waals surface area contributed by atoms with E-state index in [-0.39, 0.29) is 16.7 Å². The first-order valence-electron chi connectivity index (χ1n) is 4.84. The van der Waals surface area contributed by atoms with Crippen LogP contribution in [0.25, 0.3) is 0 Å². The molecule has 0 amide bonds. The molecule has 2 aliphatic rings. The van der Waals surface area contributed by atoms with Gasteiger partial charge in [-0.1, -0.05) is 26.8 Å². The average Bonchev–Trinajstić information content (AvgIpc) is 2.34. The normalized spacial score (nSPS) is 40.5. The molecule has 72 valence electrons. The minimum Gasteiger partial charge on any atom is -0.478 e. The Balaban J connectivity index is 2.46. The van der Waals surface area contributed by atoms with Crippen molar-refractivity contribution in [3.8, 4) is 0 Å². The lowest BCUT2D eigenvalue weighted by Crippen LogP contribution is -2.27. The topological polar surface area (TPSA) is 37.3 Å². The van der Waals surface area contributed by atoms with Crippen LogP contribution in [0.15, 0.2) is 11.6 Å². The molecule has 0 aromatic rings. The zero-order valence-electron chi connectivity index (χ0n) is 8.42. The first-order valence-corrected chi connectivity index (χ1v) is 4.84. The van der Waals surface area contributed by atoms with E-state index in [1.807, 2.05) is 6.08 Å². The second-order valence-electron chi connectivity index (χ2n) is 5.14. The monoisotopic (exact) mass is 180 g/mol. The Hall–Kier alpha value is -0.790. The summed E-state index contributed by atoms with van der Waals surface area (Å²) in [5, 5.41) is 9.01. The second kappa shape index (κ2) is 2.17. The van der Waals surface area contributed by atoms with Gasteiger partial charge in [-0.3, -0.25) is 0 Å². The molecule has 2 rings (SSSR count). The van der Waals surface area contributed by atoms with Crippen molar-refractivity contribution < 1.29 is 9.90 Å². The lowest BCUT2D eigenvalue weighted by molar-refractivity contribution is -0.133. The minimum absolute atomic E-state index is 0.116. The van der Waals surface area contributed by atoms with Crippen LogP contribution in [0, 0.1) is 16.7 Å². The molecule has 2 aliphatic carbocycles. The molecule has 1 N–H and O–H groups in total. The number of carbonyl (C=O) groups is 1. The molecule has 2 bridgehead atoms. The van der Waals surface area contributed by atoms with E-state index in [4.69, 9.17) is 5.11 Å². The Morgan fingerprint density at radius 2 is 2.15 bits per heavy atom. The van der Waals surface area contributed by atoms with E-state index in [1.165, 1.54) is 0 Å². The van der Waals surface area contributed by atoms with Gasteiger partial charge in [-0.05, 0) is 29.6 Å². The Labute approximate surface area is 78.6 Å². The molecule has 0 aromatic carbocycles. The van der Waals surface area contributed by atoms with Crippen molar-refractivity contribution in [2.75, 3.05) is 0 Å². The van der Waals surface area contributed by atoms with E-state index in [9.17, 15) is 4.79 Å². The molecule has 0 saturated heterocycles. The molecule has 0 aromatic heterocycles. The van der Waals surface area contributed by atoms with Gasteiger partial charge in [0.15, 0.2) is 0 Å². The van der Waals surface area contributed by atoms with Gasteiger partial charge in [-0.15, -0.1) is 0 Å². The number of rotatable bonds is 1. The first kappa shape index (κ1) is 8.79. The smallest absolute Gasteiger partial charge is 0.331 e. The molecule has 0 radical (unpaired) electrons. The van der Waals surface area contributed by atoms with Crippen molar-refractivity contribution in [3.05, 3.63) is 11.6 Å². The van der Waals surface area contributed by atoms with Gasteiger partial charge in [0.2, 0.25) is 0 Å². The van der Waals surface area contributed by atoms with Crippen LogP contribution in [0.1, 0.15) is 33.6 Å². The Bertz CT molecular complexity index is 301. The van der Waals surface area contributed by atoms with Gasteiger partial charge in [0.25, 0.3) is 0 Å². The highest BCUT2D eigenvalue weighted by molar-refractivity contribution is 5.88. The lowest BCUT2D eigenvalue weighted by Gasteiger charge is -2.33. The summed E-state index contributed by atoms with van der Waals surface area (Å²) in [5.74, 6) is -0.448. The SMILES string of the molecule is CC12C=C(C(=O)O)C(CC1)C2(C)C. The summed E-state index contributed by atoms with van der Waals surface area (Å²) in [6.07, 6.45) is 4.17. The average molecular weight is 180 g/mol. The van der Waals surface area contributed by atoms with Crippen molar-refractivity contribution in [1.82, 2.24) is 0 Å². The Morgan fingerprint density at radius 1 is 1.54 bits per heavy atom. The van der Waals surface area contributed by atoms with E-state index < -0.39 is 5.97 Å². The third-order valence-corrected chi connectivity index (χ3v) is 4.39. The van der Waals surface area contributed by atoms with Crippen LogP contribution >= 0.6 is 0 Å². The fourth-order valence-corrected chi connectivity index (χ4v) is 2.98. The Morgan fingerprint density at radius 3 is 2.38 bits per heavy atom. The quantitative estimate of drug-likeness (QED) is 0.673. The summed E-state index contributed by atoms with van der Waals surface area (Å²) in [7, 11) is 0. The summed E-state index contributed by atoms with van der Waals surface area (Å²) in [6.45, 7) is 6.57. The molecule has 1 fully saturated rings. The van der Waals surface area contributed by atoms with Gasteiger partial charge in [-0.2, -0.15) is 0 Å². The second-order valence-corrected chi connectivity index (χ2v) is 5.14. The highest BCUT2D eigenvalue weighted by Crippen LogP contribution is 2.64. The third kappa shape index (κ3) is 0.862. The number of aliphatic carboxylic acids is 1. The maximum absolute atomic E-state index is 11.0. The van der Waals surface area contributed by atoms with Crippen LogP contribution in [0.2, 0.25) is 0 Å². The molecule has 2 atom stereocenters. The van der Waals surface area contributed by atoms with E-state index >= 15 is 0 Å². The number of carboxylic acid groups (broad SMARTS) is 1. The molecule has 0 heterocycles. The van der Waals surface area contributed by atoms with Gasteiger partial charge >= 0.3 is 5.97 Å².